The van der Waals surface area contributed by atoms with Crippen LogP contribution in [-0.4, -0.2) is 30.0 Å². The molecule has 0 spiro atoms. The van der Waals surface area contributed by atoms with E-state index in [4.69, 9.17) is 0 Å². The SMILES string of the molecule is CN(C)CCCCCCCCCCCCCCCCCI. The average Bonchev–Trinajstić information content (AvgIpc) is 2.46. The Morgan fingerprint density at radius 3 is 1.05 bits per heavy atom. The first-order chi connectivity index (χ1) is 10.3. The topological polar surface area (TPSA) is 3.24 Å². The molecule has 0 amide bonds. The fourth-order valence-corrected chi connectivity index (χ4v) is 3.36. The first kappa shape index (κ1) is 21.7. The predicted octanol–water partition coefficient (Wildman–Crippen LogP) is 6.83. The highest BCUT2D eigenvalue weighted by Gasteiger charge is 1.95. The van der Waals surface area contributed by atoms with E-state index in [1.54, 1.807) is 0 Å². The summed E-state index contributed by atoms with van der Waals surface area (Å²) in [7, 11) is 4.34. The van der Waals surface area contributed by atoms with Crippen molar-refractivity contribution in [3.8, 4) is 0 Å². The van der Waals surface area contributed by atoms with Gasteiger partial charge in [-0.15, -0.1) is 0 Å². The number of nitrogens with zero attached hydrogens (tertiary/aromatic N) is 1. The minimum absolute atomic E-state index is 1.26. The summed E-state index contributed by atoms with van der Waals surface area (Å²) in [6.45, 7) is 1.26. The lowest BCUT2D eigenvalue weighted by molar-refractivity contribution is 0.389. The second-order valence-electron chi connectivity index (χ2n) is 6.80. The van der Waals surface area contributed by atoms with Crippen LogP contribution in [0.15, 0.2) is 0 Å². The Bertz CT molecular complexity index is 182. The average molecular weight is 409 g/mol. The minimum atomic E-state index is 1.26. The molecular weight excluding hydrogens is 369 g/mol. The van der Waals surface area contributed by atoms with E-state index in [0.717, 1.165) is 0 Å². The highest BCUT2D eigenvalue weighted by atomic mass is 127. The van der Waals surface area contributed by atoms with E-state index in [0.29, 0.717) is 0 Å². The van der Waals surface area contributed by atoms with Crippen LogP contribution in [0, 0.1) is 0 Å². The summed E-state index contributed by atoms with van der Waals surface area (Å²) in [6, 6.07) is 0. The molecular formula is C19H40IN. The lowest BCUT2D eigenvalue weighted by Gasteiger charge is -2.08. The van der Waals surface area contributed by atoms with Gasteiger partial charge in [-0.2, -0.15) is 0 Å². The summed E-state index contributed by atoms with van der Waals surface area (Å²) in [6.07, 6.45) is 21.9. The van der Waals surface area contributed by atoms with Crippen LogP contribution in [-0.2, 0) is 0 Å². The summed E-state index contributed by atoms with van der Waals surface area (Å²) < 4.78 is 1.34. The monoisotopic (exact) mass is 409 g/mol. The highest BCUT2D eigenvalue weighted by Crippen LogP contribution is 2.13. The molecule has 0 aromatic rings. The Kier molecular flexibility index (Phi) is 19.4. The van der Waals surface area contributed by atoms with Crippen molar-refractivity contribution in [2.24, 2.45) is 0 Å². The molecule has 0 bridgehead atoms. The second-order valence-corrected chi connectivity index (χ2v) is 7.87. The Balaban J connectivity index is 2.93. The molecule has 21 heavy (non-hydrogen) atoms. The molecule has 0 aromatic heterocycles. The van der Waals surface area contributed by atoms with Crippen molar-refractivity contribution in [1.29, 1.82) is 0 Å². The number of hydrogen-bond donors (Lipinski definition) is 0. The van der Waals surface area contributed by atoms with Crippen molar-refractivity contribution in [2.75, 3.05) is 25.1 Å². The van der Waals surface area contributed by atoms with Gasteiger partial charge in [0.15, 0.2) is 0 Å². The van der Waals surface area contributed by atoms with Crippen LogP contribution in [0.25, 0.3) is 0 Å². The zero-order valence-corrected chi connectivity index (χ0v) is 17.0. The fraction of sp³-hybridized carbons (Fsp3) is 1.00. The van der Waals surface area contributed by atoms with Crippen LogP contribution in [0.5, 0.6) is 0 Å². The number of alkyl halides is 1. The van der Waals surface area contributed by atoms with Gasteiger partial charge in [0.25, 0.3) is 0 Å². The first-order valence-electron chi connectivity index (χ1n) is 9.48. The van der Waals surface area contributed by atoms with Crippen molar-refractivity contribution in [1.82, 2.24) is 4.90 Å². The molecule has 2 heteroatoms. The smallest absolute Gasteiger partial charge is 0.000473 e. The molecule has 0 aliphatic rings. The van der Waals surface area contributed by atoms with Crippen molar-refractivity contribution in [2.45, 2.75) is 96.3 Å². The third-order valence-electron chi connectivity index (χ3n) is 4.24. The summed E-state index contributed by atoms with van der Waals surface area (Å²) in [5.74, 6) is 0. The van der Waals surface area contributed by atoms with Crippen LogP contribution in [0.3, 0.4) is 0 Å². The zero-order valence-electron chi connectivity index (χ0n) is 14.8. The molecule has 128 valence electrons. The number of unbranched alkanes of at least 4 members (excludes halogenated alkanes) is 14. The highest BCUT2D eigenvalue weighted by molar-refractivity contribution is 14.1. The molecule has 0 heterocycles. The van der Waals surface area contributed by atoms with Gasteiger partial charge in [-0.05, 0) is 37.9 Å². The molecule has 0 radical (unpaired) electrons. The quantitative estimate of drug-likeness (QED) is 0.144. The van der Waals surface area contributed by atoms with Crippen LogP contribution in [0.2, 0.25) is 0 Å². The van der Waals surface area contributed by atoms with Gasteiger partial charge in [0.1, 0.15) is 0 Å². The third-order valence-corrected chi connectivity index (χ3v) is 5.00. The molecule has 0 saturated heterocycles. The van der Waals surface area contributed by atoms with Crippen LogP contribution in [0.1, 0.15) is 96.3 Å². The maximum absolute atomic E-state index is 2.49. The first-order valence-corrected chi connectivity index (χ1v) is 11.0. The van der Waals surface area contributed by atoms with E-state index in [-0.39, 0.29) is 0 Å². The Labute approximate surface area is 148 Å². The van der Waals surface area contributed by atoms with Gasteiger partial charge in [0.2, 0.25) is 0 Å². The Hall–Kier alpha value is 0.690. The van der Waals surface area contributed by atoms with Gasteiger partial charge in [-0.3, -0.25) is 0 Å². The molecule has 0 aromatic carbocycles. The third kappa shape index (κ3) is 20.7. The van der Waals surface area contributed by atoms with E-state index in [1.807, 2.05) is 0 Å². The summed E-state index contributed by atoms with van der Waals surface area (Å²) in [5, 5.41) is 0. The van der Waals surface area contributed by atoms with E-state index < -0.39 is 0 Å². The van der Waals surface area contributed by atoms with Crippen molar-refractivity contribution in [3.63, 3.8) is 0 Å². The molecule has 0 atom stereocenters. The van der Waals surface area contributed by atoms with Gasteiger partial charge in [0.05, 0.1) is 0 Å². The van der Waals surface area contributed by atoms with Gasteiger partial charge >= 0.3 is 0 Å². The summed E-state index contributed by atoms with van der Waals surface area (Å²) in [4.78, 5) is 2.30. The molecule has 0 aliphatic heterocycles. The van der Waals surface area contributed by atoms with Gasteiger partial charge in [-0.1, -0.05) is 106 Å². The maximum Gasteiger partial charge on any atom is -0.000473 e. The maximum atomic E-state index is 2.49. The number of halogens is 1. The largest absolute Gasteiger partial charge is 0.309 e. The molecule has 0 aliphatic carbocycles. The Morgan fingerprint density at radius 1 is 0.476 bits per heavy atom. The van der Waals surface area contributed by atoms with Crippen molar-refractivity contribution < 1.29 is 0 Å². The fourth-order valence-electron chi connectivity index (χ4n) is 2.82. The zero-order chi connectivity index (χ0) is 15.6. The van der Waals surface area contributed by atoms with Crippen LogP contribution in [0.4, 0.5) is 0 Å². The van der Waals surface area contributed by atoms with E-state index in [1.165, 1.54) is 107 Å². The van der Waals surface area contributed by atoms with Crippen LogP contribution >= 0.6 is 22.6 Å². The van der Waals surface area contributed by atoms with Gasteiger partial charge < -0.3 is 4.90 Å². The molecule has 0 rings (SSSR count). The minimum Gasteiger partial charge on any atom is -0.309 e. The molecule has 0 N–H and O–H groups in total. The normalized spacial score (nSPS) is 11.4. The summed E-state index contributed by atoms with van der Waals surface area (Å²) in [5.41, 5.74) is 0. The molecule has 0 unspecified atom stereocenters. The van der Waals surface area contributed by atoms with Crippen LogP contribution < -0.4 is 0 Å². The van der Waals surface area contributed by atoms with Crippen molar-refractivity contribution in [3.05, 3.63) is 0 Å². The van der Waals surface area contributed by atoms with E-state index in [2.05, 4.69) is 41.6 Å². The van der Waals surface area contributed by atoms with Gasteiger partial charge in [-0.25, -0.2) is 0 Å². The standard InChI is InChI=1S/C19H40IN/c1-21(2)19-17-15-13-11-9-7-5-3-4-6-8-10-12-14-16-18-20/h3-19H2,1-2H3. The molecule has 1 nitrogen and oxygen atoms in total. The number of hydrogen-bond acceptors (Lipinski definition) is 1. The summed E-state index contributed by atoms with van der Waals surface area (Å²) >= 11 is 2.49. The predicted molar refractivity (Wildman–Crippen MR) is 107 cm³/mol. The van der Waals surface area contributed by atoms with Gasteiger partial charge in [0, 0.05) is 0 Å². The molecule has 0 fully saturated rings. The lowest BCUT2D eigenvalue weighted by atomic mass is 10.0. The second kappa shape index (κ2) is 18.7. The number of rotatable bonds is 17. The van der Waals surface area contributed by atoms with E-state index >= 15 is 0 Å². The molecule has 0 saturated carbocycles. The van der Waals surface area contributed by atoms with E-state index in [9.17, 15) is 0 Å². The lowest BCUT2D eigenvalue weighted by Crippen LogP contribution is -2.12. The van der Waals surface area contributed by atoms with Crippen molar-refractivity contribution >= 4 is 22.6 Å². The Morgan fingerprint density at radius 2 is 0.762 bits per heavy atom.